The van der Waals surface area contributed by atoms with E-state index in [1.165, 1.54) is 11.3 Å². The van der Waals surface area contributed by atoms with E-state index in [4.69, 9.17) is 21.1 Å². The number of hydrogen-bond donors (Lipinski definition) is 1. The molecule has 10 heteroatoms. The molecule has 8 nitrogen and oxygen atoms in total. The SMILES string of the molecule is CCOCCNC(=O)N(C)c1nc2c(s1)CN(c1cnc(Cl)c(OC)c1)CC2. The van der Waals surface area contributed by atoms with E-state index in [0.29, 0.717) is 42.3 Å². The molecule has 0 aromatic carbocycles. The third-order valence-corrected chi connectivity index (χ3v) is 5.86. The van der Waals surface area contributed by atoms with Crippen molar-refractivity contribution in [3.63, 3.8) is 0 Å². The standard InChI is InChI=1S/C18H24ClN5O3S/c1-4-27-8-6-20-17(25)23(2)18-22-13-5-7-24(11-15(13)28-18)12-9-14(26-3)16(19)21-10-12/h9-10H,4-8,11H2,1-3H3,(H,20,25). The third kappa shape index (κ3) is 4.65. The zero-order valence-electron chi connectivity index (χ0n) is 16.2. The lowest BCUT2D eigenvalue weighted by Gasteiger charge is -2.28. The molecule has 0 spiro atoms. The predicted molar refractivity (Wildman–Crippen MR) is 111 cm³/mol. The Kier molecular flexibility index (Phi) is 6.93. The molecule has 1 N–H and O–H groups in total. The first-order valence-corrected chi connectivity index (χ1v) is 10.2. The van der Waals surface area contributed by atoms with Crippen LogP contribution in [0.25, 0.3) is 0 Å². The molecule has 3 rings (SSSR count). The fourth-order valence-electron chi connectivity index (χ4n) is 2.86. The Labute approximate surface area is 173 Å². The number of hydrogen-bond acceptors (Lipinski definition) is 7. The lowest BCUT2D eigenvalue weighted by atomic mass is 10.1. The van der Waals surface area contributed by atoms with Crippen molar-refractivity contribution in [2.75, 3.05) is 50.3 Å². The molecule has 0 saturated heterocycles. The molecule has 2 amide bonds. The topological polar surface area (TPSA) is 79.8 Å². The average Bonchev–Trinajstić information content (AvgIpc) is 3.14. The quantitative estimate of drug-likeness (QED) is 0.542. The number of methoxy groups -OCH3 is 1. The van der Waals surface area contributed by atoms with Crippen LogP contribution >= 0.6 is 22.9 Å². The highest BCUT2D eigenvalue weighted by Crippen LogP contribution is 2.34. The Morgan fingerprint density at radius 1 is 1.50 bits per heavy atom. The van der Waals surface area contributed by atoms with Gasteiger partial charge in [0.15, 0.2) is 16.0 Å². The summed E-state index contributed by atoms with van der Waals surface area (Å²) in [5.74, 6) is 0.554. The number of urea groups is 1. The highest BCUT2D eigenvalue weighted by atomic mass is 35.5. The number of carbonyl (C=O) groups excluding carboxylic acids is 1. The van der Waals surface area contributed by atoms with Crippen LogP contribution in [0.5, 0.6) is 5.75 Å². The van der Waals surface area contributed by atoms with Crippen LogP contribution in [0.15, 0.2) is 12.3 Å². The number of nitrogens with zero attached hydrogens (tertiary/aromatic N) is 4. The van der Waals surface area contributed by atoms with Gasteiger partial charge in [0.05, 0.1) is 37.8 Å². The molecule has 3 heterocycles. The van der Waals surface area contributed by atoms with Gasteiger partial charge in [-0.25, -0.2) is 14.8 Å². The number of nitrogens with one attached hydrogen (secondary N) is 1. The number of carbonyl (C=O) groups is 1. The zero-order valence-corrected chi connectivity index (χ0v) is 17.8. The van der Waals surface area contributed by atoms with E-state index in [-0.39, 0.29) is 6.03 Å². The number of rotatable bonds is 7. The summed E-state index contributed by atoms with van der Waals surface area (Å²) in [7, 11) is 3.30. The van der Waals surface area contributed by atoms with Crippen LogP contribution in [0.4, 0.5) is 15.6 Å². The van der Waals surface area contributed by atoms with Crippen molar-refractivity contribution in [2.24, 2.45) is 0 Å². The van der Waals surface area contributed by atoms with Crippen molar-refractivity contribution in [2.45, 2.75) is 19.9 Å². The number of amides is 2. The maximum Gasteiger partial charge on any atom is 0.323 e. The van der Waals surface area contributed by atoms with Crippen molar-refractivity contribution < 1.29 is 14.3 Å². The molecule has 0 unspecified atom stereocenters. The van der Waals surface area contributed by atoms with E-state index in [9.17, 15) is 4.79 Å². The molecule has 2 aromatic rings. The number of aromatic nitrogens is 2. The fourth-order valence-corrected chi connectivity index (χ4v) is 4.12. The molecule has 1 aliphatic heterocycles. The maximum atomic E-state index is 12.3. The van der Waals surface area contributed by atoms with Gasteiger partial charge in [-0.3, -0.25) is 4.90 Å². The molecule has 0 atom stereocenters. The summed E-state index contributed by atoms with van der Waals surface area (Å²) >= 11 is 7.55. The van der Waals surface area contributed by atoms with Gasteiger partial charge in [0.25, 0.3) is 0 Å². The highest BCUT2D eigenvalue weighted by Gasteiger charge is 2.24. The Hall–Kier alpha value is -2.10. The van der Waals surface area contributed by atoms with Gasteiger partial charge in [0, 0.05) is 44.1 Å². The van der Waals surface area contributed by atoms with Crippen LogP contribution in [0, 0.1) is 0 Å². The molecule has 0 radical (unpaired) electrons. The van der Waals surface area contributed by atoms with Gasteiger partial charge in [0.2, 0.25) is 0 Å². The molecule has 0 fully saturated rings. The van der Waals surface area contributed by atoms with Gasteiger partial charge in [0.1, 0.15) is 0 Å². The summed E-state index contributed by atoms with van der Waals surface area (Å²) in [6, 6.07) is 1.70. The summed E-state index contributed by atoms with van der Waals surface area (Å²) < 4.78 is 10.5. The highest BCUT2D eigenvalue weighted by molar-refractivity contribution is 7.16. The first-order chi connectivity index (χ1) is 13.5. The smallest absolute Gasteiger partial charge is 0.323 e. The van der Waals surface area contributed by atoms with Crippen LogP contribution in [-0.2, 0) is 17.7 Å². The van der Waals surface area contributed by atoms with Crippen LogP contribution in [0.1, 0.15) is 17.5 Å². The van der Waals surface area contributed by atoms with Gasteiger partial charge in [-0.1, -0.05) is 22.9 Å². The van der Waals surface area contributed by atoms with Crippen molar-refractivity contribution in [3.8, 4) is 5.75 Å². The van der Waals surface area contributed by atoms with Gasteiger partial charge in [-0.2, -0.15) is 0 Å². The van der Waals surface area contributed by atoms with Crippen LogP contribution in [0.3, 0.4) is 0 Å². The lowest BCUT2D eigenvalue weighted by Crippen LogP contribution is -2.38. The van der Waals surface area contributed by atoms with Crippen molar-refractivity contribution in [3.05, 3.63) is 28.0 Å². The monoisotopic (exact) mass is 425 g/mol. The first-order valence-electron chi connectivity index (χ1n) is 9.05. The van der Waals surface area contributed by atoms with E-state index >= 15 is 0 Å². The van der Waals surface area contributed by atoms with Crippen molar-refractivity contribution in [1.82, 2.24) is 15.3 Å². The minimum absolute atomic E-state index is 0.186. The Morgan fingerprint density at radius 3 is 3.07 bits per heavy atom. The van der Waals surface area contributed by atoms with E-state index in [0.717, 1.165) is 29.2 Å². The van der Waals surface area contributed by atoms with Crippen LogP contribution in [0.2, 0.25) is 5.15 Å². The van der Waals surface area contributed by atoms with Crippen LogP contribution in [-0.4, -0.2) is 56.5 Å². The molecule has 152 valence electrons. The average molecular weight is 426 g/mol. The summed E-state index contributed by atoms with van der Waals surface area (Å²) in [4.78, 5) is 26.0. The Morgan fingerprint density at radius 2 is 2.32 bits per heavy atom. The molecule has 2 aromatic heterocycles. The number of ether oxygens (including phenoxy) is 2. The number of fused-ring (bicyclic) bond motifs is 1. The molecule has 0 bridgehead atoms. The minimum atomic E-state index is -0.186. The summed E-state index contributed by atoms with van der Waals surface area (Å²) in [5, 5.41) is 3.87. The molecular formula is C18H24ClN5O3S. The second-order valence-corrected chi connectivity index (χ2v) is 7.63. The second-order valence-electron chi connectivity index (χ2n) is 6.21. The van der Waals surface area contributed by atoms with Crippen molar-refractivity contribution in [1.29, 1.82) is 0 Å². The molecule has 0 aliphatic carbocycles. The second kappa shape index (κ2) is 9.40. The molecule has 1 aliphatic rings. The van der Waals surface area contributed by atoms with E-state index < -0.39 is 0 Å². The normalized spacial score (nSPS) is 13.2. The first kappa shape index (κ1) is 20.6. The van der Waals surface area contributed by atoms with Gasteiger partial charge < -0.3 is 19.7 Å². The number of pyridine rings is 1. The lowest BCUT2D eigenvalue weighted by molar-refractivity contribution is 0.150. The molecule has 0 saturated carbocycles. The Balaban J connectivity index is 1.66. The molecule has 28 heavy (non-hydrogen) atoms. The number of halogens is 1. The van der Waals surface area contributed by atoms with Gasteiger partial charge >= 0.3 is 6.03 Å². The maximum absolute atomic E-state index is 12.3. The van der Waals surface area contributed by atoms with Gasteiger partial charge in [-0.15, -0.1) is 0 Å². The van der Waals surface area contributed by atoms with Gasteiger partial charge in [-0.05, 0) is 6.92 Å². The minimum Gasteiger partial charge on any atom is -0.493 e. The predicted octanol–water partition coefficient (Wildman–Crippen LogP) is 2.95. The number of thiazole rings is 1. The molecular weight excluding hydrogens is 402 g/mol. The Bertz CT molecular complexity index is 832. The summed E-state index contributed by atoms with van der Waals surface area (Å²) in [6.07, 6.45) is 2.55. The third-order valence-electron chi connectivity index (χ3n) is 4.42. The van der Waals surface area contributed by atoms with Crippen molar-refractivity contribution >= 4 is 39.8 Å². The van der Waals surface area contributed by atoms with E-state index in [1.54, 1.807) is 25.3 Å². The van der Waals surface area contributed by atoms with Crippen LogP contribution < -0.4 is 19.9 Å². The van der Waals surface area contributed by atoms with E-state index in [2.05, 4.69) is 20.2 Å². The largest absolute Gasteiger partial charge is 0.493 e. The zero-order chi connectivity index (χ0) is 20.1. The van der Waals surface area contributed by atoms with E-state index in [1.807, 2.05) is 13.0 Å². The summed E-state index contributed by atoms with van der Waals surface area (Å²) in [5.41, 5.74) is 1.99. The summed E-state index contributed by atoms with van der Waals surface area (Å²) in [6.45, 7) is 5.05. The fraction of sp³-hybridized carbons (Fsp3) is 0.500. The number of anilines is 2.